The average molecular weight is 563 g/mol. The molecule has 3 aliphatic carbocycles. The highest BCUT2D eigenvalue weighted by Gasteiger charge is 2.76. The van der Waals surface area contributed by atoms with Gasteiger partial charge >= 0.3 is 0 Å². The predicted molar refractivity (Wildman–Crippen MR) is 153 cm³/mol. The molecule has 1 saturated carbocycles. The smallest absolute Gasteiger partial charge is 0.203 e. The summed E-state index contributed by atoms with van der Waals surface area (Å²) in [5.41, 5.74) is -3.47. The van der Waals surface area contributed by atoms with Gasteiger partial charge in [-0.2, -0.15) is 0 Å². The van der Waals surface area contributed by atoms with E-state index in [0.29, 0.717) is 5.56 Å². The lowest BCUT2D eigenvalue weighted by Gasteiger charge is -2.65. The number of hydrogen-bond acceptors (Lipinski definition) is 8. The molecule has 0 saturated heterocycles. The lowest BCUT2D eigenvalue weighted by Crippen LogP contribution is -2.73. The Labute approximate surface area is 239 Å². The number of aliphatic hydroxyl groups is 3. The Morgan fingerprint density at radius 2 is 1.76 bits per heavy atom. The average Bonchev–Trinajstić information content (AvgIpc) is 2.88. The fourth-order valence-corrected chi connectivity index (χ4v) is 8.17. The molecule has 8 nitrogen and oxygen atoms in total. The lowest BCUT2D eigenvalue weighted by atomic mass is 9.37. The van der Waals surface area contributed by atoms with Crippen LogP contribution in [0.4, 0.5) is 0 Å². The van der Waals surface area contributed by atoms with E-state index >= 15 is 0 Å². The molecule has 0 heterocycles. The second kappa shape index (κ2) is 9.68. The minimum absolute atomic E-state index is 0.0161. The van der Waals surface area contributed by atoms with Gasteiger partial charge in [-0.15, -0.1) is 5.73 Å². The number of carbonyl (C=O) groups excluding carboxylic acids is 4. The number of phenolic OH excluding ortho intramolecular Hbond substituents is 1. The van der Waals surface area contributed by atoms with E-state index in [0.717, 1.165) is 6.92 Å². The third-order valence-corrected chi connectivity index (χ3v) is 10.3. The molecule has 0 spiro atoms. The van der Waals surface area contributed by atoms with Gasteiger partial charge in [0.1, 0.15) is 28.6 Å². The number of hydrogen-bond donors (Lipinski definition) is 4. The van der Waals surface area contributed by atoms with Crippen molar-refractivity contribution >= 4 is 35.0 Å². The van der Waals surface area contributed by atoms with Gasteiger partial charge in [0.15, 0.2) is 17.2 Å². The van der Waals surface area contributed by atoms with Crippen molar-refractivity contribution < 1.29 is 39.6 Å². The standard InChI is InChI=1S/C33H38O8/c1-9-11-18-12-13-20-16(5)31(7)21(14-19(35)10-2)32(8)24(15(3)4)27(37)22(17(6)34)29(39)33(32,41)30(40)25(31)28(38)23(20)26(18)36/h11-13,15-16,21,24,36,38-39,41H,1,10,14H2,2-8H3/t16-,21-,24?,31-,32-,33+/m1/s1. The van der Waals surface area contributed by atoms with Crippen LogP contribution >= 0.6 is 0 Å². The first kappa shape index (κ1) is 30.2. The van der Waals surface area contributed by atoms with Crippen LogP contribution < -0.4 is 0 Å². The number of phenols is 1. The summed E-state index contributed by atoms with van der Waals surface area (Å²) in [5, 5.41) is 47.0. The van der Waals surface area contributed by atoms with Crippen molar-refractivity contribution in [1.29, 1.82) is 0 Å². The summed E-state index contributed by atoms with van der Waals surface area (Å²) in [7, 11) is 0. The van der Waals surface area contributed by atoms with Gasteiger partial charge in [-0.1, -0.05) is 60.3 Å². The van der Waals surface area contributed by atoms with Crippen molar-refractivity contribution in [3.8, 4) is 5.75 Å². The molecule has 0 aromatic heterocycles. The van der Waals surface area contributed by atoms with E-state index in [1.807, 2.05) is 6.92 Å². The fraction of sp³-hybridized carbons (Fsp3) is 0.485. The lowest BCUT2D eigenvalue weighted by molar-refractivity contribution is -0.199. The number of aliphatic hydroxyl groups excluding tert-OH is 2. The van der Waals surface area contributed by atoms with Crippen molar-refractivity contribution in [3.63, 3.8) is 0 Å². The molecule has 0 radical (unpaired) electrons. The third-order valence-electron chi connectivity index (χ3n) is 10.3. The number of carbonyl (C=O) groups is 4. The number of rotatable bonds is 6. The van der Waals surface area contributed by atoms with Crippen molar-refractivity contribution in [1.82, 2.24) is 0 Å². The number of fused-ring (bicyclic) bond motifs is 3. The summed E-state index contributed by atoms with van der Waals surface area (Å²) in [6, 6.07) is 3.35. The normalized spacial score (nSPS) is 32.8. The first-order valence-corrected chi connectivity index (χ1v) is 13.9. The van der Waals surface area contributed by atoms with E-state index in [-0.39, 0.29) is 41.1 Å². The van der Waals surface area contributed by atoms with E-state index in [2.05, 4.69) is 12.3 Å². The zero-order valence-electron chi connectivity index (χ0n) is 24.6. The first-order chi connectivity index (χ1) is 19.0. The van der Waals surface area contributed by atoms with Crippen molar-refractivity contribution in [2.45, 2.75) is 72.8 Å². The maximum atomic E-state index is 14.7. The molecule has 1 aromatic carbocycles. The molecule has 1 fully saturated rings. The molecule has 1 aromatic rings. The topological polar surface area (TPSA) is 149 Å². The van der Waals surface area contributed by atoms with Crippen molar-refractivity contribution in [2.75, 3.05) is 0 Å². The molecule has 3 aliphatic rings. The van der Waals surface area contributed by atoms with Crippen LogP contribution in [0.1, 0.15) is 83.9 Å². The van der Waals surface area contributed by atoms with Crippen LogP contribution in [0.5, 0.6) is 5.75 Å². The largest absolute Gasteiger partial charge is 0.508 e. The summed E-state index contributed by atoms with van der Waals surface area (Å²) >= 11 is 0. The maximum absolute atomic E-state index is 14.7. The number of Topliss-reactive ketones (excluding diaryl/α,β-unsaturated/α-hetero) is 4. The van der Waals surface area contributed by atoms with Crippen molar-refractivity contribution in [2.24, 2.45) is 28.6 Å². The molecule has 1 unspecified atom stereocenters. The monoisotopic (exact) mass is 562 g/mol. The van der Waals surface area contributed by atoms with E-state index in [1.165, 1.54) is 13.0 Å². The zero-order valence-corrected chi connectivity index (χ0v) is 24.6. The second-order valence-electron chi connectivity index (χ2n) is 12.4. The summed E-state index contributed by atoms with van der Waals surface area (Å²) in [4.78, 5) is 54.5. The van der Waals surface area contributed by atoms with Gasteiger partial charge in [0, 0.05) is 40.7 Å². The van der Waals surface area contributed by atoms with E-state index in [4.69, 9.17) is 0 Å². The Morgan fingerprint density at radius 1 is 1.15 bits per heavy atom. The van der Waals surface area contributed by atoms with Gasteiger partial charge in [-0.3, -0.25) is 19.2 Å². The van der Waals surface area contributed by atoms with E-state index < -0.39 is 74.5 Å². The molecular weight excluding hydrogens is 524 g/mol. The molecule has 0 bridgehead atoms. The van der Waals surface area contributed by atoms with Crippen LogP contribution in [0.3, 0.4) is 0 Å². The molecule has 0 amide bonds. The second-order valence-corrected chi connectivity index (χ2v) is 12.4. The molecule has 4 rings (SSSR count). The van der Waals surface area contributed by atoms with Gasteiger partial charge < -0.3 is 20.4 Å². The molecule has 6 atom stereocenters. The molecular formula is C33H38O8. The minimum Gasteiger partial charge on any atom is -0.508 e. The first-order valence-electron chi connectivity index (χ1n) is 13.9. The number of aromatic hydroxyl groups is 1. The van der Waals surface area contributed by atoms with Crippen LogP contribution in [-0.4, -0.2) is 49.2 Å². The quantitative estimate of drug-likeness (QED) is 0.275. The van der Waals surface area contributed by atoms with Gasteiger partial charge in [-0.05, 0) is 36.3 Å². The van der Waals surface area contributed by atoms with E-state index in [9.17, 15) is 39.6 Å². The summed E-state index contributed by atoms with van der Waals surface area (Å²) in [5.74, 6) is -7.93. The Bertz CT molecular complexity index is 1520. The molecule has 0 aliphatic heterocycles. The Morgan fingerprint density at radius 3 is 2.27 bits per heavy atom. The van der Waals surface area contributed by atoms with E-state index in [1.54, 1.807) is 39.8 Å². The number of benzene rings is 1. The highest BCUT2D eigenvalue weighted by atomic mass is 16.3. The van der Waals surface area contributed by atoms with Crippen LogP contribution in [0.2, 0.25) is 0 Å². The van der Waals surface area contributed by atoms with Gasteiger partial charge in [0.25, 0.3) is 0 Å². The predicted octanol–water partition coefficient (Wildman–Crippen LogP) is 5.14. The Kier molecular flexibility index (Phi) is 7.13. The molecule has 4 N–H and O–H groups in total. The minimum atomic E-state index is -2.82. The zero-order chi connectivity index (χ0) is 31.0. The number of allylic oxidation sites excluding steroid dienone is 1. The van der Waals surface area contributed by atoms with Crippen LogP contribution in [0.25, 0.3) is 11.8 Å². The number of ketones is 4. The van der Waals surface area contributed by atoms with Crippen LogP contribution in [0.15, 0.2) is 41.3 Å². The third kappa shape index (κ3) is 3.57. The highest BCUT2D eigenvalue weighted by molar-refractivity contribution is 6.24. The highest BCUT2D eigenvalue weighted by Crippen LogP contribution is 2.71. The summed E-state index contributed by atoms with van der Waals surface area (Å²) < 4.78 is 0. The summed E-state index contributed by atoms with van der Waals surface area (Å²) in [6.07, 6.45) is 1.39. The SMILES string of the molecule is C=C=Cc1ccc2c(c1O)C(O)=C1C(=O)[C@@]3(O)C(O)=C(C(C)=O)C(=O)C(C(C)C)[C@@]3(C)[C@H](CC(=O)CC)[C@@]1(C)[C@@H]2C. The Hall–Kier alpha value is -3.74. The van der Waals surface area contributed by atoms with Gasteiger partial charge in [0.2, 0.25) is 5.78 Å². The maximum Gasteiger partial charge on any atom is 0.203 e. The molecule has 8 heteroatoms. The van der Waals surface area contributed by atoms with Gasteiger partial charge in [0.05, 0.1) is 5.56 Å². The molecule has 41 heavy (non-hydrogen) atoms. The summed E-state index contributed by atoms with van der Waals surface area (Å²) in [6.45, 7) is 14.8. The van der Waals surface area contributed by atoms with Crippen molar-refractivity contribution in [3.05, 3.63) is 58.0 Å². The van der Waals surface area contributed by atoms with Crippen LogP contribution in [0, 0.1) is 28.6 Å². The molecule has 218 valence electrons. The fourth-order valence-electron chi connectivity index (χ4n) is 8.17. The van der Waals surface area contributed by atoms with Crippen LogP contribution in [-0.2, 0) is 19.2 Å². The Balaban J connectivity index is 2.24. The van der Waals surface area contributed by atoms with Gasteiger partial charge in [-0.25, -0.2) is 0 Å².